The Morgan fingerprint density at radius 2 is 1.60 bits per heavy atom. The van der Waals surface area contributed by atoms with Crippen LogP contribution >= 0.6 is 0 Å². The summed E-state index contributed by atoms with van der Waals surface area (Å²) in [4.78, 5) is 20.9. The number of anilines is 1. The van der Waals surface area contributed by atoms with Gasteiger partial charge in [0.1, 0.15) is 0 Å². The third-order valence-electron chi connectivity index (χ3n) is 7.17. The van der Waals surface area contributed by atoms with Gasteiger partial charge >= 0.3 is 6.18 Å². The molecule has 3 atom stereocenters. The predicted octanol–water partition coefficient (Wildman–Crippen LogP) is 4.65. The number of halogens is 3. The Kier molecular flexibility index (Phi) is 4.53. The molecule has 1 aromatic rings. The molecule has 4 aliphatic rings. The SMILES string of the molecule is C[C@H](Nc1c([N+](=O)[O-])cc(C(F)(F)F)cc1[N+](=O)[O-])C12C[C@@H]3C[C@H](CC(O)(C3)C1)C2. The highest BCUT2D eigenvalue weighted by Crippen LogP contribution is 2.63. The molecular weight excluding hydrogens is 407 g/mol. The van der Waals surface area contributed by atoms with Gasteiger partial charge in [-0.1, -0.05) is 0 Å². The smallest absolute Gasteiger partial charge is 0.390 e. The van der Waals surface area contributed by atoms with Gasteiger partial charge in [0.05, 0.1) is 21.0 Å². The molecule has 0 spiro atoms. The first-order valence-electron chi connectivity index (χ1n) is 9.85. The van der Waals surface area contributed by atoms with E-state index in [2.05, 4.69) is 5.32 Å². The number of aliphatic hydroxyl groups is 1. The average Bonchev–Trinajstić information content (AvgIpc) is 2.58. The van der Waals surface area contributed by atoms with E-state index in [1.54, 1.807) is 6.92 Å². The van der Waals surface area contributed by atoms with E-state index in [-0.39, 0.29) is 0 Å². The quantitative estimate of drug-likeness (QED) is 0.519. The van der Waals surface area contributed by atoms with Crippen LogP contribution in [0.25, 0.3) is 0 Å². The molecular formula is C19H22F3N3O5. The minimum absolute atomic E-state index is 0.318. The summed E-state index contributed by atoms with van der Waals surface area (Å²) in [6.45, 7) is 1.74. The van der Waals surface area contributed by atoms with Gasteiger partial charge < -0.3 is 10.4 Å². The molecule has 11 heteroatoms. The van der Waals surface area contributed by atoms with E-state index in [9.17, 15) is 38.5 Å². The number of nitro benzene ring substituents is 2. The molecule has 0 saturated heterocycles. The first-order chi connectivity index (χ1) is 13.8. The second-order valence-electron chi connectivity index (χ2n) is 9.32. The van der Waals surface area contributed by atoms with Crippen LogP contribution in [0.3, 0.4) is 0 Å². The Labute approximate surface area is 169 Å². The van der Waals surface area contributed by atoms with Gasteiger partial charge in [-0.3, -0.25) is 20.2 Å². The lowest BCUT2D eigenvalue weighted by Gasteiger charge is -2.62. The summed E-state index contributed by atoms with van der Waals surface area (Å²) in [7, 11) is 0. The molecule has 2 N–H and O–H groups in total. The predicted molar refractivity (Wildman–Crippen MR) is 99.9 cm³/mol. The summed E-state index contributed by atoms with van der Waals surface area (Å²) < 4.78 is 39.4. The molecule has 0 amide bonds. The molecule has 0 heterocycles. The molecule has 0 radical (unpaired) electrons. The lowest BCUT2D eigenvalue weighted by Crippen LogP contribution is -2.60. The van der Waals surface area contributed by atoms with Gasteiger partial charge in [-0.15, -0.1) is 0 Å². The zero-order chi connectivity index (χ0) is 22.1. The molecule has 4 bridgehead atoms. The standard InChI is InChI=1S/C19H22F3N3O5/c1-10(17-5-11-2-12(6-17)8-18(26,7-11)9-17)23-16-14(24(27)28)3-13(19(20,21)22)4-15(16)25(29)30/h3-4,10-12,23,26H,2,5-9H2,1H3/t10-,11-,12-,17?,18?/m0/s1. The highest BCUT2D eigenvalue weighted by molar-refractivity contribution is 5.75. The van der Waals surface area contributed by atoms with Crippen LogP contribution in [0.2, 0.25) is 0 Å². The van der Waals surface area contributed by atoms with E-state index in [4.69, 9.17) is 0 Å². The van der Waals surface area contributed by atoms with Crippen LogP contribution in [0.15, 0.2) is 12.1 Å². The average molecular weight is 429 g/mol. The summed E-state index contributed by atoms with van der Waals surface area (Å²) in [5.41, 5.74) is -5.14. The molecule has 1 aromatic carbocycles. The number of hydrogen-bond acceptors (Lipinski definition) is 6. The molecule has 0 aromatic heterocycles. The van der Waals surface area contributed by atoms with Crippen molar-refractivity contribution < 1.29 is 28.1 Å². The second-order valence-corrected chi connectivity index (χ2v) is 9.32. The summed E-state index contributed by atoms with van der Waals surface area (Å²) in [6.07, 6.45) is -0.495. The van der Waals surface area contributed by atoms with Crippen molar-refractivity contribution >= 4 is 17.1 Å². The van der Waals surface area contributed by atoms with Crippen molar-refractivity contribution in [2.45, 2.75) is 63.3 Å². The number of nitrogens with zero attached hydrogens (tertiary/aromatic N) is 2. The van der Waals surface area contributed by atoms with Crippen molar-refractivity contribution in [3.05, 3.63) is 37.9 Å². The Hall–Kier alpha value is -2.43. The van der Waals surface area contributed by atoms with Crippen LogP contribution in [0.5, 0.6) is 0 Å². The van der Waals surface area contributed by atoms with Crippen LogP contribution < -0.4 is 5.32 Å². The van der Waals surface area contributed by atoms with Crippen LogP contribution in [0.1, 0.15) is 51.0 Å². The maximum atomic E-state index is 13.1. The summed E-state index contributed by atoms with van der Waals surface area (Å²) in [5.74, 6) is 0.635. The van der Waals surface area contributed by atoms with Gasteiger partial charge in [0.2, 0.25) is 0 Å². The Balaban J connectivity index is 1.74. The van der Waals surface area contributed by atoms with Crippen molar-refractivity contribution in [2.75, 3.05) is 5.32 Å². The zero-order valence-corrected chi connectivity index (χ0v) is 16.2. The molecule has 5 rings (SSSR count). The molecule has 4 saturated carbocycles. The minimum atomic E-state index is -4.96. The number of nitro groups is 2. The summed E-state index contributed by atoms with van der Waals surface area (Å²) in [6, 6.07) is 0.161. The fourth-order valence-corrected chi connectivity index (χ4v) is 6.37. The lowest BCUT2D eigenvalue weighted by molar-refractivity contribution is -0.392. The number of rotatable bonds is 5. The molecule has 164 valence electrons. The monoisotopic (exact) mass is 429 g/mol. The molecule has 4 fully saturated rings. The van der Waals surface area contributed by atoms with E-state index >= 15 is 0 Å². The third kappa shape index (κ3) is 3.38. The van der Waals surface area contributed by atoms with Gasteiger partial charge in [0, 0.05) is 18.2 Å². The second kappa shape index (κ2) is 6.53. The minimum Gasteiger partial charge on any atom is -0.390 e. The van der Waals surface area contributed by atoms with Crippen LogP contribution in [-0.4, -0.2) is 26.6 Å². The first-order valence-corrected chi connectivity index (χ1v) is 9.85. The van der Waals surface area contributed by atoms with Crippen LogP contribution in [-0.2, 0) is 6.18 Å². The van der Waals surface area contributed by atoms with Gasteiger partial charge in [-0.05, 0) is 62.7 Å². The maximum absolute atomic E-state index is 13.1. The topological polar surface area (TPSA) is 119 Å². The van der Waals surface area contributed by atoms with Crippen molar-refractivity contribution in [1.82, 2.24) is 0 Å². The van der Waals surface area contributed by atoms with Gasteiger partial charge in [0.25, 0.3) is 11.4 Å². The molecule has 0 aliphatic heterocycles. The molecule has 0 unspecified atom stereocenters. The zero-order valence-electron chi connectivity index (χ0n) is 16.2. The number of benzene rings is 1. The molecule has 4 aliphatic carbocycles. The summed E-state index contributed by atoms with van der Waals surface area (Å²) in [5, 5.41) is 36.7. The largest absolute Gasteiger partial charge is 0.416 e. The maximum Gasteiger partial charge on any atom is 0.416 e. The number of hydrogen-bond donors (Lipinski definition) is 2. The van der Waals surface area contributed by atoms with E-state index in [0.717, 1.165) is 19.3 Å². The Morgan fingerprint density at radius 3 is 2.00 bits per heavy atom. The van der Waals surface area contributed by atoms with Gasteiger partial charge in [-0.25, -0.2) is 0 Å². The third-order valence-corrected chi connectivity index (χ3v) is 7.17. The Morgan fingerprint density at radius 1 is 1.10 bits per heavy atom. The van der Waals surface area contributed by atoms with Crippen molar-refractivity contribution in [1.29, 1.82) is 0 Å². The summed E-state index contributed by atoms with van der Waals surface area (Å²) >= 11 is 0. The fraction of sp³-hybridized carbons (Fsp3) is 0.684. The van der Waals surface area contributed by atoms with Crippen molar-refractivity contribution in [3.63, 3.8) is 0 Å². The lowest BCUT2D eigenvalue weighted by atomic mass is 9.46. The first kappa shape index (κ1) is 20.8. The number of alkyl halides is 3. The molecule has 30 heavy (non-hydrogen) atoms. The van der Waals surface area contributed by atoms with E-state index in [1.165, 1.54) is 0 Å². The Bertz CT molecular complexity index is 870. The highest BCUT2D eigenvalue weighted by Gasteiger charge is 2.59. The number of nitrogens with one attached hydrogen (secondary N) is 1. The van der Waals surface area contributed by atoms with E-state index < -0.39 is 55.7 Å². The highest BCUT2D eigenvalue weighted by atomic mass is 19.4. The normalized spacial score (nSPS) is 33.4. The van der Waals surface area contributed by atoms with Crippen LogP contribution in [0.4, 0.5) is 30.2 Å². The van der Waals surface area contributed by atoms with Crippen molar-refractivity contribution in [2.24, 2.45) is 17.3 Å². The molecule has 8 nitrogen and oxygen atoms in total. The van der Waals surface area contributed by atoms with E-state index in [1.807, 2.05) is 0 Å². The van der Waals surface area contributed by atoms with E-state index in [0.29, 0.717) is 43.2 Å². The van der Waals surface area contributed by atoms with Crippen molar-refractivity contribution in [3.8, 4) is 0 Å². The van der Waals surface area contributed by atoms with Crippen LogP contribution in [0, 0.1) is 37.5 Å². The van der Waals surface area contributed by atoms with Gasteiger partial charge in [0.15, 0.2) is 5.69 Å². The van der Waals surface area contributed by atoms with Gasteiger partial charge in [-0.2, -0.15) is 13.2 Å². The fourth-order valence-electron chi connectivity index (χ4n) is 6.37.